The minimum atomic E-state index is -1.17. The van der Waals surface area contributed by atoms with Crippen molar-refractivity contribution in [1.29, 1.82) is 0 Å². The van der Waals surface area contributed by atoms with Crippen LogP contribution in [0.3, 0.4) is 0 Å². The van der Waals surface area contributed by atoms with Crippen molar-refractivity contribution >= 4 is 17.9 Å². The fourth-order valence-electron chi connectivity index (χ4n) is 1.59. The first kappa shape index (κ1) is 19.4. The molecule has 0 aromatic carbocycles. The Morgan fingerprint density at radius 2 is 1.29 bits per heavy atom. The molecule has 0 radical (unpaired) electrons. The van der Waals surface area contributed by atoms with E-state index < -0.39 is 47.4 Å². The number of carbonyl (C=O) groups excluding carboxylic acids is 2. The number of hydrogen-bond donors (Lipinski definition) is 1. The molecule has 1 N–H and O–H groups in total. The van der Waals surface area contributed by atoms with Crippen molar-refractivity contribution in [2.75, 3.05) is 0 Å². The Bertz CT molecular complexity index is 399. The highest BCUT2D eigenvalue weighted by Crippen LogP contribution is 2.24. The van der Waals surface area contributed by atoms with Gasteiger partial charge >= 0.3 is 17.9 Å². The molecule has 6 nitrogen and oxygen atoms in total. The zero-order valence-corrected chi connectivity index (χ0v) is 13.9. The molecule has 0 aromatic rings. The second-order valence-electron chi connectivity index (χ2n) is 7.06. The van der Waals surface area contributed by atoms with Crippen LogP contribution in [-0.2, 0) is 23.9 Å². The highest BCUT2D eigenvalue weighted by Gasteiger charge is 2.37. The van der Waals surface area contributed by atoms with E-state index in [4.69, 9.17) is 14.6 Å². The predicted molar refractivity (Wildman–Crippen MR) is 76.6 cm³/mol. The van der Waals surface area contributed by atoms with Crippen molar-refractivity contribution < 1.29 is 29.0 Å². The van der Waals surface area contributed by atoms with E-state index in [0.29, 0.717) is 0 Å². The fraction of sp³-hybridized carbons (Fsp3) is 0.800. The van der Waals surface area contributed by atoms with Gasteiger partial charge in [0.05, 0.1) is 18.3 Å². The summed E-state index contributed by atoms with van der Waals surface area (Å²) in [6.07, 6.45) is -0.477. The van der Waals surface area contributed by atoms with Crippen LogP contribution in [-0.4, -0.2) is 34.2 Å². The van der Waals surface area contributed by atoms with Gasteiger partial charge in [0.2, 0.25) is 0 Å². The summed E-state index contributed by atoms with van der Waals surface area (Å²) in [5.74, 6) is -4.45. The average molecular weight is 302 g/mol. The smallest absolute Gasteiger partial charge is 0.310 e. The first-order valence-corrected chi connectivity index (χ1v) is 6.90. The van der Waals surface area contributed by atoms with E-state index in [9.17, 15) is 14.4 Å². The summed E-state index contributed by atoms with van der Waals surface area (Å²) in [5, 5.41) is 8.93. The van der Waals surface area contributed by atoms with E-state index >= 15 is 0 Å². The van der Waals surface area contributed by atoms with E-state index in [1.54, 1.807) is 41.5 Å². The number of carboxylic acid groups (broad SMARTS) is 1. The number of esters is 2. The van der Waals surface area contributed by atoms with Gasteiger partial charge in [-0.3, -0.25) is 14.4 Å². The maximum atomic E-state index is 12.1. The molecule has 122 valence electrons. The zero-order chi connectivity index (χ0) is 17.0. The van der Waals surface area contributed by atoms with Gasteiger partial charge in [-0.15, -0.1) is 0 Å². The first-order chi connectivity index (χ1) is 9.23. The molecule has 0 aliphatic rings. The van der Waals surface area contributed by atoms with Crippen molar-refractivity contribution in [3.05, 3.63) is 0 Å². The first-order valence-electron chi connectivity index (χ1n) is 6.90. The molecular formula is C15H26O6. The topological polar surface area (TPSA) is 89.9 Å². The number of ether oxygens (including phenoxy) is 2. The Balaban J connectivity index is 5.09. The maximum absolute atomic E-state index is 12.1. The van der Waals surface area contributed by atoms with Gasteiger partial charge in [0.15, 0.2) is 0 Å². The minimum Gasteiger partial charge on any atom is -0.481 e. The van der Waals surface area contributed by atoms with Crippen molar-refractivity contribution in [3.63, 3.8) is 0 Å². The summed E-state index contributed by atoms with van der Waals surface area (Å²) in [6, 6.07) is 0. The second-order valence-corrected chi connectivity index (χ2v) is 7.06. The van der Waals surface area contributed by atoms with Crippen molar-refractivity contribution in [1.82, 2.24) is 0 Å². The van der Waals surface area contributed by atoms with Gasteiger partial charge < -0.3 is 14.6 Å². The number of carbonyl (C=O) groups is 3. The molecule has 0 saturated carbocycles. The van der Waals surface area contributed by atoms with E-state index in [2.05, 4.69) is 0 Å². The van der Waals surface area contributed by atoms with Crippen molar-refractivity contribution in [2.45, 2.75) is 66.1 Å². The van der Waals surface area contributed by atoms with E-state index in [-0.39, 0.29) is 0 Å². The van der Waals surface area contributed by atoms with Gasteiger partial charge in [0, 0.05) is 0 Å². The molecule has 21 heavy (non-hydrogen) atoms. The Kier molecular flexibility index (Phi) is 6.39. The lowest BCUT2D eigenvalue weighted by molar-refractivity contribution is -0.174. The Morgan fingerprint density at radius 1 is 0.905 bits per heavy atom. The molecule has 0 fully saturated rings. The normalized spacial score (nSPS) is 15.0. The van der Waals surface area contributed by atoms with E-state index in [1.165, 1.54) is 6.92 Å². The van der Waals surface area contributed by atoms with Gasteiger partial charge in [-0.2, -0.15) is 0 Å². The number of hydrogen-bond acceptors (Lipinski definition) is 5. The van der Waals surface area contributed by atoms with Gasteiger partial charge in [-0.1, -0.05) is 6.92 Å². The highest BCUT2D eigenvalue weighted by molar-refractivity contribution is 5.85. The third-order valence-electron chi connectivity index (χ3n) is 2.49. The predicted octanol–water partition coefficient (Wildman–Crippen LogP) is 2.40. The molecule has 2 unspecified atom stereocenters. The molecule has 0 aromatic heterocycles. The Hall–Kier alpha value is -1.59. The molecule has 0 aliphatic carbocycles. The fourth-order valence-corrected chi connectivity index (χ4v) is 1.59. The van der Waals surface area contributed by atoms with Gasteiger partial charge in [-0.25, -0.2) is 0 Å². The van der Waals surface area contributed by atoms with Crippen molar-refractivity contribution in [3.8, 4) is 0 Å². The lowest BCUT2D eigenvalue weighted by Crippen LogP contribution is -2.38. The third kappa shape index (κ3) is 8.32. The molecule has 0 amide bonds. The lowest BCUT2D eigenvalue weighted by atomic mass is 9.90. The Morgan fingerprint density at radius 3 is 1.62 bits per heavy atom. The summed E-state index contributed by atoms with van der Waals surface area (Å²) >= 11 is 0. The van der Waals surface area contributed by atoms with E-state index in [1.807, 2.05) is 0 Å². The zero-order valence-electron chi connectivity index (χ0n) is 13.9. The number of aliphatic carboxylic acids is 1. The molecule has 6 heteroatoms. The summed E-state index contributed by atoms with van der Waals surface area (Å²) in [6.45, 7) is 11.6. The largest absolute Gasteiger partial charge is 0.481 e. The highest BCUT2D eigenvalue weighted by atomic mass is 16.6. The van der Waals surface area contributed by atoms with Gasteiger partial charge in [-0.05, 0) is 41.5 Å². The molecule has 0 aliphatic heterocycles. The van der Waals surface area contributed by atoms with Crippen LogP contribution >= 0.6 is 0 Å². The SMILES string of the molecule is CC(C(=O)OC(C)(C)C)C(CC(=O)O)C(=O)OC(C)(C)C. The van der Waals surface area contributed by atoms with Crippen molar-refractivity contribution in [2.24, 2.45) is 11.8 Å². The van der Waals surface area contributed by atoms with Crippen LogP contribution in [0.5, 0.6) is 0 Å². The van der Waals surface area contributed by atoms with Gasteiger partial charge in [0.1, 0.15) is 11.2 Å². The molecule has 2 atom stereocenters. The van der Waals surface area contributed by atoms with Crippen LogP contribution in [0.25, 0.3) is 0 Å². The maximum Gasteiger partial charge on any atom is 0.310 e. The van der Waals surface area contributed by atoms with Crippen LogP contribution in [0.15, 0.2) is 0 Å². The summed E-state index contributed by atoms with van der Waals surface area (Å²) in [4.78, 5) is 35.1. The van der Waals surface area contributed by atoms with Crippen LogP contribution in [0.4, 0.5) is 0 Å². The Labute approximate surface area is 125 Å². The van der Waals surface area contributed by atoms with Crippen LogP contribution in [0.2, 0.25) is 0 Å². The number of rotatable bonds is 5. The minimum absolute atomic E-state index is 0.477. The quantitative estimate of drug-likeness (QED) is 0.784. The van der Waals surface area contributed by atoms with E-state index in [0.717, 1.165) is 0 Å². The third-order valence-corrected chi connectivity index (χ3v) is 2.49. The molecular weight excluding hydrogens is 276 g/mol. The molecule has 0 bridgehead atoms. The summed E-state index contributed by atoms with van der Waals surface area (Å²) < 4.78 is 10.4. The summed E-state index contributed by atoms with van der Waals surface area (Å²) in [5.41, 5.74) is -1.45. The molecule has 0 rings (SSSR count). The molecule has 0 spiro atoms. The van der Waals surface area contributed by atoms with Crippen LogP contribution in [0, 0.1) is 11.8 Å². The summed E-state index contributed by atoms with van der Waals surface area (Å²) in [7, 11) is 0. The molecule has 0 saturated heterocycles. The van der Waals surface area contributed by atoms with Crippen LogP contribution < -0.4 is 0 Å². The standard InChI is InChI=1S/C15H26O6/c1-9(12(18)20-14(2,3)4)10(8-11(16)17)13(19)21-15(5,6)7/h9-10H,8H2,1-7H3,(H,16,17). The van der Waals surface area contributed by atoms with Gasteiger partial charge in [0.25, 0.3) is 0 Å². The second kappa shape index (κ2) is 6.91. The molecule has 0 heterocycles. The van der Waals surface area contributed by atoms with Crippen LogP contribution in [0.1, 0.15) is 54.9 Å². The average Bonchev–Trinajstić information content (AvgIpc) is 2.19. The number of carboxylic acids is 1. The monoisotopic (exact) mass is 302 g/mol. The lowest BCUT2D eigenvalue weighted by Gasteiger charge is -2.28.